The minimum atomic E-state index is 0.623. The second-order valence-corrected chi connectivity index (χ2v) is 4.01. The van der Waals surface area contributed by atoms with E-state index in [-0.39, 0.29) is 0 Å². The van der Waals surface area contributed by atoms with Crippen molar-refractivity contribution in [3.05, 3.63) is 12.7 Å². The molecule has 14 heavy (non-hydrogen) atoms. The summed E-state index contributed by atoms with van der Waals surface area (Å²) in [6.45, 7) is 8.90. The van der Waals surface area contributed by atoms with Crippen molar-refractivity contribution in [3.8, 4) is 0 Å². The van der Waals surface area contributed by atoms with Crippen molar-refractivity contribution < 1.29 is 4.74 Å². The summed E-state index contributed by atoms with van der Waals surface area (Å²) in [4.78, 5) is 0. The van der Waals surface area contributed by atoms with Crippen molar-refractivity contribution in [2.75, 3.05) is 19.8 Å². The van der Waals surface area contributed by atoms with Crippen molar-refractivity contribution in [1.82, 2.24) is 5.32 Å². The first-order chi connectivity index (χ1) is 6.88. The van der Waals surface area contributed by atoms with Gasteiger partial charge in [0.15, 0.2) is 0 Å². The van der Waals surface area contributed by atoms with Crippen molar-refractivity contribution in [3.63, 3.8) is 0 Å². The van der Waals surface area contributed by atoms with E-state index >= 15 is 0 Å². The van der Waals surface area contributed by atoms with Crippen molar-refractivity contribution in [1.29, 1.82) is 0 Å². The van der Waals surface area contributed by atoms with Crippen LogP contribution in [0, 0.1) is 5.92 Å². The maximum absolute atomic E-state index is 5.52. The van der Waals surface area contributed by atoms with E-state index in [9.17, 15) is 0 Å². The van der Waals surface area contributed by atoms with Crippen LogP contribution < -0.4 is 5.32 Å². The lowest BCUT2D eigenvalue weighted by molar-refractivity contribution is 0.0383. The van der Waals surface area contributed by atoms with Gasteiger partial charge < -0.3 is 10.1 Å². The predicted octanol–water partition coefficient (Wildman–Crippen LogP) is 2.36. The van der Waals surface area contributed by atoms with E-state index in [2.05, 4.69) is 18.8 Å². The minimum Gasteiger partial charge on any atom is -0.381 e. The van der Waals surface area contributed by atoms with Crippen molar-refractivity contribution >= 4 is 0 Å². The molecule has 0 aromatic carbocycles. The standard InChI is InChI=1S/C12H23NO/c1-3-5-8-12(13-4-2)11-7-6-9-14-10-11/h3,11-13H,1,4-10H2,2H3. The van der Waals surface area contributed by atoms with Crippen LogP contribution in [0.2, 0.25) is 0 Å². The van der Waals surface area contributed by atoms with Gasteiger partial charge in [-0.25, -0.2) is 0 Å². The molecular formula is C12H23NO. The van der Waals surface area contributed by atoms with E-state index < -0.39 is 0 Å². The molecule has 1 rings (SSSR count). The zero-order valence-corrected chi connectivity index (χ0v) is 9.30. The summed E-state index contributed by atoms with van der Waals surface area (Å²) in [6.07, 6.45) is 6.85. The van der Waals surface area contributed by atoms with Crippen molar-refractivity contribution in [2.45, 2.75) is 38.6 Å². The van der Waals surface area contributed by atoms with Crippen LogP contribution in [-0.2, 0) is 4.74 Å². The Hall–Kier alpha value is -0.340. The van der Waals surface area contributed by atoms with Crippen LogP contribution in [0.4, 0.5) is 0 Å². The Morgan fingerprint density at radius 2 is 2.50 bits per heavy atom. The summed E-state index contributed by atoms with van der Waals surface area (Å²) < 4.78 is 5.52. The van der Waals surface area contributed by atoms with Crippen LogP contribution in [0.3, 0.4) is 0 Å². The van der Waals surface area contributed by atoms with Crippen LogP contribution in [0.15, 0.2) is 12.7 Å². The molecule has 2 nitrogen and oxygen atoms in total. The van der Waals surface area contributed by atoms with E-state index in [0.717, 1.165) is 26.2 Å². The number of nitrogens with one attached hydrogen (secondary N) is 1. The molecule has 0 spiro atoms. The summed E-state index contributed by atoms with van der Waals surface area (Å²) in [7, 11) is 0. The first-order valence-electron chi connectivity index (χ1n) is 5.80. The van der Waals surface area contributed by atoms with E-state index in [0.29, 0.717) is 12.0 Å². The zero-order valence-electron chi connectivity index (χ0n) is 9.30. The molecule has 1 aliphatic heterocycles. The molecule has 1 heterocycles. The molecule has 0 saturated carbocycles. The second-order valence-electron chi connectivity index (χ2n) is 4.01. The SMILES string of the molecule is C=CCCC(NCC)C1CCCOC1. The lowest BCUT2D eigenvalue weighted by Gasteiger charge is -2.30. The smallest absolute Gasteiger partial charge is 0.0509 e. The molecule has 2 atom stereocenters. The summed E-state index contributed by atoms with van der Waals surface area (Å²) in [5, 5.41) is 3.56. The van der Waals surface area contributed by atoms with Gasteiger partial charge in [-0.05, 0) is 38.1 Å². The predicted molar refractivity (Wildman–Crippen MR) is 60.4 cm³/mol. The van der Waals surface area contributed by atoms with Gasteiger partial charge >= 0.3 is 0 Å². The first kappa shape index (κ1) is 11.7. The van der Waals surface area contributed by atoms with Gasteiger partial charge in [0.25, 0.3) is 0 Å². The highest BCUT2D eigenvalue weighted by Crippen LogP contribution is 2.20. The number of allylic oxidation sites excluding steroid dienone is 1. The van der Waals surface area contributed by atoms with Gasteiger partial charge in [-0.2, -0.15) is 0 Å². The highest BCUT2D eigenvalue weighted by molar-refractivity contribution is 4.81. The van der Waals surface area contributed by atoms with Gasteiger partial charge in [0.2, 0.25) is 0 Å². The molecule has 0 aromatic heterocycles. The lowest BCUT2D eigenvalue weighted by atomic mass is 9.90. The van der Waals surface area contributed by atoms with E-state index in [4.69, 9.17) is 4.74 Å². The fourth-order valence-electron chi connectivity index (χ4n) is 2.15. The second kappa shape index (κ2) is 7.02. The Labute approximate surface area is 87.7 Å². The third-order valence-corrected chi connectivity index (χ3v) is 2.91. The van der Waals surface area contributed by atoms with Crippen LogP contribution in [0.25, 0.3) is 0 Å². The average molecular weight is 197 g/mol. The molecule has 2 unspecified atom stereocenters. The normalized spacial score (nSPS) is 24.5. The van der Waals surface area contributed by atoms with Crippen molar-refractivity contribution in [2.24, 2.45) is 5.92 Å². The molecule has 82 valence electrons. The monoisotopic (exact) mass is 197 g/mol. The largest absolute Gasteiger partial charge is 0.381 e. The quantitative estimate of drug-likeness (QED) is 0.660. The van der Waals surface area contributed by atoms with Crippen LogP contribution in [0.1, 0.15) is 32.6 Å². The lowest BCUT2D eigenvalue weighted by Crippen LogP contribution is -2.40. The average Bonchev–Trinajstić information content (AvgIpc) is 2.25. The molecule has 0 aromatic rings. The Balaban J connectivity index is 2.33. The minimum absolute atomic E-state index is 0.623. The summed E-state index contributed by atoms with van der Waals surface area (Å²) in [5.74, 6) is 0.712. The zero-order chi connectivity index (χ0) is 10.2. The third kappa shape index (κ3) is 3.81. The number of hydrogen-bond acceptors (Lipinski definition) is 2. The molecular weight excluding hydrogens is 174 g/mol. The Bertz CT molecular complexity index is 152. The van der Waals surface area contributed by atoms with Gasteiger partial charge in [0.05, 0.1) is 6.61 Å². The van der Waals surface area contributed by atoms with Gasteiger partial charge in [-0.3, -0.25) is 0 Å². The molecule has 2 heteroatoms. The molecule has 1 aliphatic rings. The Kier molecular flexibility index (Phi) is 5.88. The first-order valence-corrected chi connectivity index (χ1v) is 5.80. The van der Waals surface area contributed by atoms with E-state index in [1.807, 2.05) is 6.08 Å². The molecule has 0 aliphatic carbocycles. The summed E-state index contributed by atoms with van der Waals surface area (Å²) in [5.41, 5.74) is 0. The Morgan fingerprint density at radius 1 is 1.64 bits per heavy atom. The Morgan fingerprint density at radius 3 is 3.07 bits per heavy atom. The van der Waals surface area contributed by atoms with Crippen LogP contribution in [0.5, 0.6) is 0 Å². The maximum atomic E-state index is 5.52. The number of rotatable bonds is 6. The fourth-order valence-corrected chi connectivity index (χ4v) is 2.15. The van der Waals surface area contributed by atoms with E-state index in [1.165, 1.54) is 19.3 Å². The molecule has 0 bridgehead atoms. The molecule has 0 radical (unpaired) electrons. The van der Waals surface area contributed by atoms with Gasteiger partial charge in [0, 0.05) is 12.6 Å². The molecule has 1 fully saturated rings. The fraction of sp³-hybridized carbons (Fsp3) is 0.833. The van der Waals surface area contributed by atoms with Gasteiger partial charge in [0.1, 0.15) is 0 Å². The summed E-state index contributed by atoms with van der Waals surface area (Å²) in [6, 6.07) is 0.623. The molecule has 0 amide bonds. The number of ether oxygens (including phenoxy) is 1. The highest BCUT2D eigenvalue weighted by atomic mass is 16.5. The molecule has 1 N–H and O–H groups in total. The maximum Gasteiger partial charge on any atom is 0.0509 e. The van der Waals surface area contributed by atoms with Crippen LogP contribution in [-0.4, -0.2) is 25.8 Å². The van der Waals surface area contributed by atoms with E-state index in [1.54, 1.807) is 0 Å². The third-order valence-electron chi connectivity index (χ3n) is 2.91. The number of hydrogen-bond donors (Lipinski definition) is 1. The van der Waals surface area contributed by atoms with Gasteiger partial charge in [-0.15, -0.1) is 6.58 Å². The molecule has 1 saturated heterocycles. The highest BCUT2D eigenvalue weighted by Gasteiger charge is 2.22. The topological polar surface area (TPSA) is 21.3 Å². The summed E-state index contributed by atoms with van der Waals surface area (Å²) >= 11 is 0. The van der Waals surface area contributed by atoms with Crippen LogP contribution >= 0.6 is 0 Å². The van der Waals surface area contributed by atoms with Gasteiger partial charge in [-0.1, -0.05) is 13.0 Å².